The molecule has 3 aromatic rings. The minimum Gasteiger partial charge on any atom is -0.508 e. The Morgan fingerprint density at radius 1 is 1.10 bits per heavy atom. The number of aromatic nitrogens is 2. The van der Waals surface area contributed by atoms with Gasteiger partial charge in [-0.2, -0.15) is 0 Å². The largest absolute Gasteiger partial charge is 0.508 e. The average molecular weight is 278 g/mol. The Kier molecular flexibility index (Phi) is 3.51. The molecule has 0 atom stereocenters. The lowest BCUT2D eigenvalue weighted by Gasteiger charge is -2.06. The Bertz CT molecular complexity index is 747. The summed E-state index contributed by atoms with van der Waals surface area (Å²) in [4.78, 5) is 16.4. The van der Waals surface area contributed by atoms with E-state index in [-0.39, 0.29) is 11.5 Å². The van der Waals surface area contributed by atoms with Crippen molar-refractivity contribution in [2.24, 2.45) is 0 Å². The van der Waals surface area contributed by atoms with Gasteiger partial charge in [0.25, 0.3) is 0 Å². The van der Waals surface area contributed by atoms with Crippen LogP contribution in [0.4, 0.5) is 0 Å². The molecule has 0 bridgehead atoms. The first kappa shape index (κ1) is 13.1. The third kappa shape index (κ3) is 3.00. The number of carbonyl (C=O) groups is 1. The molecule has 1 heterocycles. The summed E-state index contributed by atoms with van der Waals surface area (Å²) in [5, 5.41) is 9.28. The number of carbonyl (C=O) groups excluding carboxylic acids is 1. The highest BCUT2D eigenvalue weighted by atomic mass is 16.3. The van der Waals surface area contributed by atoms with Crippen LogP contribution in [0.1, 0.15) is 21.5 Å². The number of imidazole rings is 1. The summed E-state index contributed by atoms with van der Waals surface area (Å²) in [6.45, 7) is 0.677. The fourth-order valence-electron chi connectivity index (χ4n) is 2.18. The first-order valence-electron chi connectivity index (χ1n) is 6.61. The Morgan fingerprint density at radius 2 is 1.90 bits per heavy atom. The maximum atomic E-state index is 12.4. The molecule has 3 rings (SSSR count). The summed E-state index contributed by atoms with van der Waals surface area (Å²) in [5.41, 5.74) is 2.24. The van der Waals surface area contributed by atoms with Crippen molar-refractivity contribution in [2.75, 3.05) is 0 Å². The number of nitrogens with zero attached hydrogens (tertiary/aromatic N) is 2. The van der Waals surface area contributed by atoms with Crippen LogP contribution in [0.5, 0.6) is 5.75 Å². The van der Waals surface area contributed by atoms with Gasteiger partial charge in [-0.15, -0.1) is 0 Å². The molecule has 4 heteroatoms. The molecular weight excluding hydrogens is 264 g/mol. The zero-order chi connectivity index (χ0) is 14.7. The van der Waals surface area contributed by atoms with Gasteiger partial charge in [-0.1, -0.05) is 18.2 Å². The van der Waals surface area contributed by atoms with E-state index in [1.165, 1.54) is 12.1 Å². The fraction of sp³-hybridized carbons (Fsp3) is 0.0588. The number of ketones is 1. The Morgan fingerprint density at radius 3 is 2.62 bits per heavy atom. The highest BCUT2D eigenvalue weighted by Crippen LogP contribution is 2.15. The molecule has 0 unspecified atom stereocenters. The monoisotopic (exact) mass is 278 g/mol. The van der Waals surface area contributed by atoms with E-state index < -0.39 is 0 Å². The molecule has 1 aromatic heterocycles. The van der Waals surface area contributed by atoms with Crippen LogP contribution < -0.4 is 0 Å². The molecule has 0 fully saturated rings. The van der Waals surface area contributed by atoms with E-state index in [0.717, 1.165) is 5.56 Å². The van der Waals surface area contributed by atoms with Crippen molar-refractivity contribution in [3.05, 3.63) is 83.9 Å². The highest BCUT2D eigenvalue weighted by molar-refractivity contribution is 6.09. The normalized spacial score (nSPS) is 10.5. The van der Waals surface area contributed by atoms with Crippen molar-refractivity contribution in [1.29, 1.82) is 0 Å². The molecule has 0 spiro atoms. The van der Waals surface area contributed by atoms with E-state index in [1.807, 2.05) is 29.0 Å². The fourth-order valence-corrected chi connectivity index (χ4v) is 2.18. The van der Waals surface area contributed by atoms with Crippen molar-refractivity contribution < 1.29 is 9.90 Å². The molecular formula is C17H14N2O2. The smallest absolute Gasteiger partial charge is 0.193 e. The molecule has 0 aliphatic heterocycles. The van der Waals surface area contributed by atoms with Crippen LogP contribution in [0.2, 0.25) is 0 Å². The number of hydrogen-bond donors (Lipinski definition) is 1. The van der Waals surface area contributed by atoms with E-state index in [2.05, 4.69) is 4.98 Å². The molecule has 4 nitrogen and oxygen atoms in total. The maximum Gasteiger partial charge on any atom is 0.193 e. The van der Waals surface area contributed by atoms with Crippen molar-refractivity contribution >= 4 is 5.78 Å². The van der Waals surface area contributed by atoms with Crippen LogP contribution in [0.3, 0.4) is 0 Å². The topological polar surface area (TPSA) is 55.1 Å². The van der Waals surface area contributed by atoms with Crippen LogP contribution >= 0.6 is 0 Å². The molecule has 2 aromatic carbocycles. The molecule has 1 N–H and O–H groups in total. The van der Waals surface area contributed by atoms with Crippen LogP contribution in [-0.2, 0) is 6.54 Å². The zero-order valence-electron chi connectivity index (χ0n) is 11.3. The van der Waals surface area contributed by atoms with E-state index in [1.54, 1.807) is 30.7 Å². The number of rotatable bonds is 4. The summed E-state index contributed by atoms with van der Waals surface area (Å²) in [5.74, 6) is 0.0999. The van der Waals surface area contributed by atoms with Gasteiger partial charge >= 0.3 is 0 Å². The second-order valence-corrected chi connectivity index (χ2v) is 4.81. The van der Waals surface area contributed by atoms with Crippen molar-refractivity contribution in [3.8, 4) is 5.75 Å². The quantitative estimate of drug-likeness (QED) is 0.747. The minimum atomic E-state index is -0.0533. The predicted octanol–water partition coefficient (Wildman–Crippen LogP) is 2.87. The van der Waals surface area contributed by atoms with Gasteiger partial charge in [-0.25, -0.2) is 4.98 Å². The number of benzene rings is 2. The SMILES string of the molecule is O=C(c1ccc(O)cc1)c1cccc(Cn2ccnc2)c1. The molecule has 0 saturated carbocycles. The van der Waals surface area contributed by atoms with Gasteiger partial charge in [0.05, 0.1) is 6.33 Å². The molecule has 0 aliphatic rings. The standard InChI is InChI=1S/C17H14N2O2/c20-16-6-4-14(5-7-16)17(21)15-3-1-2-13(10-15)11-19-9-8-18-12-19/h1-10,12,20H,11H2. The third-order valence-corrected chi connectivity index (χ3v) is 3.24. The molecule has 0 saturated heterocycles. The molecule has 21 heavy (non-hydrogen) atoms. The zero-order valence-corrected chi connectivity index (χ0v) is 11.3. The molecule has 0 aliphatic carbocycles. The highest BCUT2D eigenvalue weighted by Gasteiger charge is 2.09. The first-order valence-corrected chi connectivity index (χ1v) is 6.61. The number of hydrogen-bond acceptors (Lipinski definition) is 3. The van der Waals surface area contributed by atoms with Crippen molar-refractivity contribution in [2.45, 2.75) is 6.54 Å². The summed E-state index contributed by atoms with van der Waals surface area (Å²) in [7, 11) is 0. The second kappa shape index (κ2) is 5.63. The molecule has 104 valence electrons. The van der Waals surface area contributed by atoms with Crippen molar-refractivity contribution in [1.82, 2.24) is 9.55 Å². The number of aromatic hydroxyl groups is 1. The van der Waals surface area contributed by atoms with E-state index in [9.17, 15) is 9.90 Å². The first-order chi connectivity index (χ1) is 10.2. The Balaban J connectivity index is 1.85. The van der Waals surface area contributed by atoms with Gasteiger partial charge in [-0.05, 0) is 35.9 Å². The van der Waals surface area contributed by atoms with Crippen LogP contribution in [0, 0.1) is 0 Å². The average Bonchev–Trinajstić information content (AvgIpc) is 3.00. The van der Waals surface area contributed by atoms with Gasteiger partial charge in [0.15, 0.2) is 5.78 Å². The summed E-state index contributed by atoms with van der Waals surface area (Å²) < 4.78 is 1.95. The summed E-state index contributed by atoms with van der Waals surface area (Å²) >= 11 is 0. The molecule has 0 amide bonds. The van der Waals surface area contributed by atoms with Gasteiger partial charge in [0, 0.05) is 30.1 Å². The maximum absolute atomic E-state index is 12.4. The lowest BCUT2D eigenvalue weighted by Crippen LogP contribution is -2.03. The summed E-state index contributed by atoms with van der Waals surface area (Å²) in [6.07, 6.45) is 5.36. The van der Waals surface area contributed by atoms with Crippen LogP contribution in [0.15, 0.2) is 67.3 Å². The van der Waals surface area contributed by atoms with E-state index in [4.69, 9.17) is 0 Å². The minimum absolute atomic E-state index is 0.0533. The van der Waals surface area contributed by atoms with Crippen LogP contribution in [-0.4, -0.2) is 20.4 Å². The van der Waals surface area contributed by atoms with Crippen LogP contribution in [0.25, 0.3) is 0 Å². The lowest BCUT2D eigenvalue weighted by molar-refractivity contribution is 0.103. The lowest BCUT2D eigenvalue weighted by atomic mass is 10.0. The van der Waals surface area contributed by atoms with Gasteiger partial charge < -0.3 is 9.67 Å². The number of phenolic OH excluding ortho intramolecular Hbond substituents is 1. The third-order valence-electron chi connectivity index (χ3n) is 3.24. The van der Waals surface area contributed by atoms with Gasteiger partial charge in [0.1, 0.15) is 5.75 Å². The van der Waals surface area contributed by atoms with Gasteiger partial charge in [-0.3, -0.25) is 4.79 Å². The summed E-state index contributed by atoms with van der Waals surface area (Å²) in [6, 6.07) is 13.8. The van der Waals surface area contributed by atoms with Crippen molar-refractivity contribution in [3.63, 3.8) is 0 Å². The Labute approximate surface area is 122 Å². The Hall–Kier alpha value is -2.88. The second-order valence-electron chi connectivity index (χ2n) is 4.81. The molecule has 0 radical (unpaired) electrons. The van der Waals surface area contributed by atoms with Gasteiger partial charge in [0.2, 0.25) is 0 Å². The van der Waals surface area contributed by atoms with E-state index in [0.29, 0.717) is 17.7 Å². The van der Waals surface area contributed by atoms with E-state index >= 15 is 0 Å². The predicted molar refractivity (Wildman–Crippen MR) is 79.3 cm³/mol. The number of phenols is 1.